The number of hydrogen-bond acceptors (Lipinski definition) is 6. The molecule has 0 aromatic rings. The molecule has 0 N–H and O–H groups in total. The highest BCUT2D eigenvalue weighted by Crippen LogP contribution is 1.87. The van der Waals surface area contributed by atoms with E-state index in [4.69, 9.17) is 0 Å². The van der Waals surface area contributed by atoms with Crippen molar-refractivity contribution >= 4 is 17.9 Å². The first kappa shape index (κ1) is 14.9. The number of esters is 3. The minimum Gasteiger partial charge on any atom is -0.463 e. The van der Waals surface area contributed by atoms with Crippen molar-refractivity contribution in [1.82, 2.24) is 0 Å². The average molecular weight is 242 g/mol. The molecule has 0 saturated heterocycles. The molecule has 0 radical (unpaired) electrons. The van der Waals surface area contributed by atoms with E-state index in [0.717, 1.165) is 18.2 Å². The molecule has 0 heterocycles. The Morgan fingerprint density at radius 3 is 1.88 bits per heavy atom. The van der Waals surface area contributed by atoms with E-state index in [9.17, 15) is 14.4 Å². The number of ether oxygens (including phenoxy) is 3. The molecule has 17 heavy (non-hydrogen) atoms. The van der Waals surface area contributed by atoms with Crippen molar-refractivity contribution < 1.29 is 28.6 Å². The molecule has 0 aliphatic carbocycles. The van der Waals surface area contributed by atoms with Gasteiger partial charge in [0.2, 0.25) is 0 Å². The van der Waals surface area contributed by atoms with E-state index in [1.165, 1.54) is 0 Å². The molecule has 0 aliphatic heterocycles. The molecule has 0 spiro atoms. The lowest BCUT2D eigenvalue weighted by Crippen LogP contribution is -2.11. The Morgan fingerprint density at radius 1 is 0.941 bits per heavy atom. The summed E-state index contributed by atoms with van der Waals surface area (Å²) in [5.74, 6) is -1.93. The molecule has 94 valence electrons. The Bertz CT molecular complexity index is 318. The zero-order valence-electron chi connectivity index (χ0n) is 9.51. The topological polar surface area (TPSA) is 78.9 Å². The minimum atomic E-state index is -0.715. The molecule has 0 aliphatic rings. The molecule has 0 bridgehead atoms. The average Bonchev–Trinajstić information content (AvgIpc) is 2.32. The van der Waals surface area contributed by atoms with Crippen molar-refractivity contribution in [3.05, 3.63) is 24.8 Å². The van der Waals surface area contributed by atoms with Gasteiger partial charge in [0.05, 0.1) is 6.61 Å². The highest BCUT2D eigenvalue weighted by atomic mass is 16.6. The second-order valence-electron chi connectivity index (χ2n) is 2.62. The Balaban J connectivity index is 3.69. The lowest BCUT2D eigenvalue weighted by atomic mass is 10.5. The molecular weight excluding hydrogens is 228 g/mol. The molecule has 0 saturated carbocycles. The first-order valence-corrected chi connectivity index (χ1v) is 4.91. The van der Waals surface area contributed by atoms with Crippen molar-refractivity contribution in [1.29, 1.82) is 0 Å². The van der Waals surface area contributed by atoms with E-state index in [0.29, 0.717) is 0 Å². The van der Waals surface area contributed by atoms with E-state index in [1.54, 1.807) is 6.92 Å². The summed E-state index contributed by atoms with van der Waals surface area (Å²) in [4.78, 5) is 32.4. The molecule has 6 heteroatoms. The van der Waals surface area contributed by atoms with Gasteiger partial charge in [0.15, 0.2) is 0 Å². The highest BCUT2D eigenvalue weighted by Gasteiger charge is 2.01. The zero-order chi connectivity index (χ0) is 13.1. The van der Waals surface area contributed by atoms with Gasteiger partial charge in [-0.05, 0) is 6.92 Å². The van der Waals surface area contributed by atoms with Crippen LogP contribution in [0.25, 0.3) is 0 Å². The van der Waals surface area contributed by atoms with E-state index in [-0.39, 0.29) is 19.8 Å². The molecule has 0 atom stereocenters. The summed E-state index contributed by atoms with van der Waals surface area (Å²) in [6.45, 7) is 4.92. The van der Waals surface area contributed by atoms with Gasteiger partial charge in [-0.1, -0.05) is 6.58 Å². The molecule has 0 aromatic heterocycles. The molecule has 0 amide bonds. The van der Waals surface area contributed by atoms with Gasteiger partial charge in [-0.3, -0.25) is 0 Å². The Kier molecular flexibility index (Phi) is 8.01. The van der Waals surface area contributed by atoms with E-state index < -0.39 is 17.9 Å². The molecule has 0 unspecified atom stereocenters. The molecule has 0 rings (SSSR count). The van der Waals surface area contributed by atoms with Gasteiger partial charge in [0.25, 0.3) is 0 Å². The summed E-state index contributed by atoms with van der Waals surface area (Å²) in [5.41, 5.74) is 0. The third-order valence-corrected chi connectivity index (χ3v) is 1.38. The molecule has 6 nitrogen and oxygen atoms in total. The summed E-state index contributed by atoms with van der Waals surface area (Å²) in [6, 6.07) is 0. The van der Waals surface area contributed by atoms with Crippen LogP contribution in [0.15, 0.2) is 24.8 Å². The van der Waals surface area contributed by atoms with Crippen molar-refractivity contribution in [3.63, 3.8) is 0 Å². The number of carbonyl (C=O) groups is 3. The maximum absolute atomic E-state index is 11.0. The summed E-state index contributed by atoms with van der Waals surface area (Å²) in [5, 5.41) is 0. The first-order valence-electron chi connectivity index (χ1n) is 4.91. The van der Waals surface area contributed by atoms with Gasteiger partial charge in [-0.15, -0.1) is 0 Å². The Hall–Kier alpha value is -2.11. The fourth-order valence-electron chi connectivity index (χ4n) is 0.718. The highest BCUT2D eigenvalue weighted by molar-refractivity contribution is 5.91. The van der Waals surface area contributed by atoms with Crippen LogP contribution in [0.5, 0.6) is 0 Å². The summed E-state index contributed by atoms with van der Waals surface area (Å²) in [6.07, 6.45) is 2.90. The van der Waals surface area contributed by atoms with Crippen LogP contribution in [0, 0.1) is 0 Å². The van der Waals surface area contributed by atoms with Crippen molar-refractivity contribution in [2.75, 3.05) is 19.8 Å². The summed E-state index contributed by atoms with van der Waals surface area (Å²) < 4.78 is 13.7. The van der Waals surface area contributed by atoms with E-state index >= 15 is 0 Å². The second-order valence-corrected chi connectivity index (χ2v) is 2.62. The Labute approximate surface area is 98.8 Å². The SMILES string of the molecule is C=CC(=O)OCCOC(=O)C=CC(=O)OCC. The van der Waals surface area contributed by atoms with Gasteiger partial charge in [0.1, 0.15) is 13.2 Å². The largest absolute Gasteiger partial charge is 0.463 e. The zero-order valence-corrected chi connectivity index (χ0v) is 9.51. The lowest BCUT2D eigenvalue weighted by Gasteiger charge is -2.02. The van der Waals surface area contributed by atoms with Crippen LogP contribution in [0.4, 0.5) is 0 Å². The van der Waals surface area contributed by atoms with Crippen LogP contribution < -0.4 is 0 Å². The fraction of sp³-hybridized carbons (Fsp3) is 0.364. The van der Waals surface area contributed by atoms with Gasteiger partial charge in [-0.2, -0.15) is 0 Å². The number of hydrogen-bond donors (Lipinski definition) is 0. The van der Waals surface area contributed by atoms with Crippen LogP contribution in [-0.2, 0) is 28.6 Å². The first-order chi connectivity index (χ1) is 8.10. The fourth-order valence-corrected chi connectivity index (χ4v) is 0.718. The van der Waals surface area contributed by atoms with Gasteiger partial charge >= 0.3 is 17.9 Å². The van der Waals surface area contributed by atoms with Crippen LogP contribution in [-0.4, -0.2) is 37.7 Å². The van der Waals surface area contributed by atoms with Crippen LogP contribution in [0.1, 0.15) is 6.92 Å². The van der Waals surface area contributed by atoms with Crippen LogP contribution in [0.3, 0.4) is 0 Å². The molecule has 0 aromatic carbocycles. The van der Waals surface area contributed by atoms with Gasteiger partial charge in [-0.25, -0.2) is 14.4 Å². The quantitative estimate of drug-likeness (QED) is 0.278. The predicted molar refractivity (Wildman–Crippen MR) is 57.9 cm³/mol. The summed E-state index contributed by atoms with van der Waals surface area (Å²) in [7, 11) is 0. The summed E-state index contributed by atoms with van der Waals surface area (Å²) >= 11 is 0. The monoisotopic (exact) mass is 242 g/mol. The third-order valence-electron chi connectivity index (χ3n) is 1.38. The van der Waals surface area contributed by atoms with Gasteiger partial charge < -0.3 is 14.2 Å². The molecule has 0 fully saturated rings. The lowest BCUT2D eigenvalue weighted by molar-refractivity contribution is -0.146. The third kappa shape index (κ3) is 8.86. The number of carbonyl (C=O) groups excluding carboxylic acids is 3. The molecular formula is C11H14O6. The van der Waals surface area contributed by atoms with Crippen LogP contribution in [0.2, 0.25) is 0 Å². The van der Waals surface area contributed by atoms with E-state index in [2.05, 4.69) is 20.8 Å². The number of rotatable bonds is 7. The Morgan fingerprint density at radius 2 is 1.41 bits per heavy atom. The standard InChI is InChI=1S/C11H14O6/c1-3-9(12)16-7-8-17-11(14)6-5-10(13)15-4-2/h3,5-6H,1,4,7-8H2,2H3. The maximum atomic E-state index is 11.0. The van der Waals surface area contributed by atoms with Crippen molar-refractivity contribution in [3.8, 4) is 0 Å². The van der Waals surface area contributed by atoms with E-state index in [1.807, 2.05) is 0 Å². The van der Waals surface area contributed by atoms with Crippen LogP contribution >= 0.6 is 0 Å². The van der Waals surface area contributed by atoms with Gasteiger partial charge in [0, 0.05) is 18.2 Å². The smallest absolute Gasteiger partial charge is 0.331 e. The van der Waals surface area contributed by atoms with Crippen molar-refractivity contribution in [2.24, 2.45) is 0 Å². The minimum absolute atomic E-state index is 0.0656. The predicted octanol–water partition coefficient (Wildman–Crippen LogP) is 0.378. The maximum Gasteiger partial charge on any atom is 0.331 e. The second kappa shape index (κ2) is 9.14. The normalized spacial score (nSPS) is 9.71. The van der Waals surface area contributed by atoms with Crippen molar-refractivity contribution in [2.45, 2.75) is 6.92 Å².